The Balaban J connectivity index is 3.24. The third-order valence-electron chi connectivity index (χ3n) is 1.21. The SMILES string of the molecule is C=C1C(=O)C(=O)C(O)=C1O. The molecule has 0 atom stereocenters. The number of aliphatic hydroxyl groups excluding tert-OH is 2. The zero-order valence-corrected chi connectivity index (χ0v) is 4.92. The number of ketones is 2. The molecule has 0 aromatic carbocycles. The minimum absolute atomic E-state index is 0.345. The Morgan fingerprint density at radius 2 is 1.50 bits per heavy atom. The number of allylic oxidation sites excluding steroid dienone is 2. The predicted molar refractivity (Wildman–Crippen MR) is 31.4 cm³/mol. The lowest BCUT2D eigenvalue weighted by molar-refractivity contribution is -0.132. The molecule has 4 nitrogen and oxygen atoms in total. The van der Waals surface area contributed by atoms with Crippen LogP contribution in [0, 0.1) is 0 Å². The van der Waals surface area contributed by atoms with Crippen molar-refractivity contribution in [3.8, 4) is 0 Å². The fourth-order valence-corrected chi connectivity index (χ4v) is 0.603. The van der Waals surface area contributed by atoms with Crippen LogP contribution in [0.5, 0.6) is 0 Å². The van der Waals surface area contributed by atoms with Gasteiger partial charge in [0.25, 0.3) is 5.78 Å². The zero-order chi connectivity index (χ0) is 7.89. The highest BCUT2D eigenvalue weighted by atomic mass is 16.3. The Kier molecular flexibility index (Phi) is 1.11. The van der Waals surface area contributed by atoms with Crippen molar-refractivity contribution in [2.75, 3.05) is 0 Å². The van der Waals surface area contributed by atoms with Crippen LogP contribution in [0.3, 0.4) is 0 Å². The molecule has 0 heterocycles. The van der Waals surface area contributed by atoms with Gasteiger partial charge in [0.1, 0.15) is 0 Å². The molecule has 52 valence electrons. The van der Waals surface area contributed by atoms with Gasteiger partial charge >= 0.3 is 0 Å². The van der Waals surface area contributed by atoms with Gasteiger partial charge in [-0.3, -0.25) is 9.59 Å². The van der Waals surface area contributed by atoms with Gasteiger partial charge in [0.15, 0.2) is 5.76 Å². The number of Topliss-reactive ketones (excluding diaryl/α,β-unsaturated/α-hetero) is 2. The fourth-order valence-electron chi connectivity index (χ4n) is 0.603. The first-order valence-corrected chi connectivity index (χ1v) is 2.46. The summed E-state index contributed by atoms with van der Waals surface area (Å²) in [6.07, 6.45) is 0. The van der Waals surface area contributed by atoms with E-state index >= 15 is 0 Å². The standard InChI is InChI=1S/C6H4O4/c1-2-3(7)5(9)6(10)4(2)8/h7,9H,1H2. The van der Waals surface area contributed by atoms with Gasteiger partial charge in [-0.25, -0.2) is 0 Å². The molecular weight excluding hydrogens is 136 g/mol. The summed E-state index contributed by atoms with van der Waals surface area (Å²) in [5.41, 5.74) is -0.345. The molecule has 0 radical (unpaired) electrons. The molecular formula is C6H4O4. The third kappa shape index (κ3) is 0.556. The smallest absolute Gasteiger partial charge is 0.271 e. The van der Waals surface area contributed by atoms with Crippen LogP contribution in [0.2, 0.25) is 0 Å². The van der Waals surface area contributed by atoms with Gasteiger partial charge in [0.05, 0.1) is 5.57 Å². The summed E-state index contributed by atoms with van der Waals surface area (Å²) in [6.45, 7) is 3.08. The molecule has 0 bridgehead atoms. The Morgan fingerprint density at radius 1 is 1.00 bits per heavy atom. The van der Waals surface area contributed by atoms with E-state index in [-0.39, 0.29) is 5.57 Å². The minimum atomic E-state index is -1.09. The largest absolute Gasteiger partial charge is 0.504 e. The molecule has 10 heavy (non-hydrogen) atoms. The van der Waals surface area contributed by atoms with E-state index in [2.05, 4.69) is 6.58 Å². The summed E-state index contributed by atoms with van der Waals surface area (Å²) in [5.74, 6) is -3.66. The lowest BCUT2D eigenvalue weighted by Crippen LogP contribution is -2.08. The molecule has 0 saturated heterocycles. The van der Waals surface area contributed by atoms with Crippen molar-refractivity contribution in [1.29, 1.82) is 0 Å². The lowest BCUT2D eigenvalue weighted by Gasteiger charge is -1.86. The molecule has 2 N–H and O–H groups in total. The van der Waals surface area contributed by atoms with E-state index < -0.39 is 23.1 Å². The molecule has 0 fully saturated rings. The summed E-state index contributed by atoms with van der Waals surface area (Å²) >= 11 is 0. The van der Waals surface area contributed by atoms with E-state index in [1.165, 1.54) is 0 Å². The number of aliphatic hydroxyl groups is 2. The van der Waals surface area contributed by atoms with Crippen LogP contribution in [0.25, 0.3) is 0 Å². The first kappa shape index (κ1) is 6.54. The molecule has 0 aromatic rings. The average molecular weight is 140 g/mol. The molecule has 0 amide bonds. The zero-order valence-electron chi connectivity index (χ0n) is 4.92. The fraction of sp³-hybridized carbons (Fsp3) is 0. The van der Waals surface area contributed by atoms with Crippen molar-refractivity contribution >= 4 is 11.6 Å². The first-order chi connectivity index (χ1) is 4.55. The van der Waals surface area contributed by atoms with Crippen LogP contribution >= 0.6 is 0 Å². The lowest BCUT2D eigenvalue weighted by atomic mass is 10.2. The summed E-state index contributed by atoms with van der Waals surface area (Å²) in [5, 5.41) is 17.3. The topological polar surface area (TPSA) is 74.6 Å². The molecule has 0 aromatic heterocycles. The van der Waals surface area contributed by atoms with E-state index in [1.807, 2.05) is 0 Å². The normalized spacial score (nSPS) is 19.0. The average Bonchev–Trinajstić information content (AvgIpc) is 2.07. The van der Waals surface area contributed by atoms with Crippen molar-refractivity contribution in [2.24, 2.45) is 0 Å². The van der Waals surface area contributed by atoms with Gasteiger partial charge < -0.3 is 10.2 Å². The second kappa shape index (κ2) is 1.70. The van der Waals surface area contributed by atoms with E-state index in [0.717, 1.165) is 0 Å². The number of hydrogen-bond donors (Lipinski definition) is 2. The van der Waals surface area contributed by atoms with Crippen LogP contribution in [0.1, 0.15) is 0 Å². The van der Waals surface area contributed by atoms with Crippen LogP contribution in [0.15, 0.2) is 23.7 Å². The molecule has 1 aliphatic carbocycles. The van der Waals surface area contributed by atoms with Crippen LogP contribution in [0.4, 0.5) is 0 Å². The molecule has 0 saturated carbocycles. The van der Waals surface area contributed by atoms with E-state index in [4.69, 9.17) is 10.2 Å². The number of rotatable bonds is 0. The van der Waals surface area contributed by atoms with E-state index in [0.29, 0.717) is 0 Å². The Hall–Kier alpha value is -1.58. The van der Waals surface area contributed by atoms with Crippen LogP contribution in [-0.4, -0.2) is 21.8 Å². The number of hydrogen-bond acceptors (Lipinski definition) is 4. The summed E-state index contributed by atoms with van der Waals surface area (Å²) < 4.78 is 0. The van der Waals surface area contributed by atoms with Gasteiger partial charge in [-0.1, -0.05) is 6.58 Å². The van der Waals surface area contributed by atoms with Gasteiger partial charge in [-0.15, -0.1) is 0 Å². The quantitative estimate of drug-likeness (QED) is 0.367. The highest BCUT2D eigenvalue weighted by Gasteiger charge is 2.34. The Labute approximate surface area is 56.1 Å². The second-order valence-corrected chi connectivity index (χ2v) is 1.83. The second-order valence-electron chi connectivity index (χ2n) is 1.83. The molecule has 0 spiro atoms. The third-order valence-corrected chi connectivity index (χ3v) is 1.21. The summed E-state index contributed by atoms with van der Waals surface area (Å²) in [7, 11) is 0. The maximum atomic E-state index is 10.5. The van der Waals surface area contributed by atoms with Crippen molar-refractivity contribution in [3.05, 3.63) is 23.7 Å². The molecule has 0 aliphatic heterocycles. The minimum Gasteiger partial charge on any atom is -0.504 e. The highest BCUT2D eigenvalue weighted by Crippen LogP contribution is 2.19. The first-order valence-electron chi connectivity index (χ1n) is 2.46. The Bertz CT molecular complexity index is 245. The molecule has 1 rings (SSSR count). The molecule has 0 unspecified atom stereocenters. The van der Waals surface area contributed by atoms with Gasteiger partial charge in [-0.2, -0.15) is 0 Å². The van der Waals surface area contributed by atoms with Crippen molar-refractivity contribution < 1.29 is 19.8 Å². The number of carbonyl (C=O) groups excluding carboxylic acids is 2. The maximum absolute atomic E-state index is 10.5. The van der Waals surface area contributed by atoms with Crippen molar-refractivity contribution in [2.45, 2.75) is 0 Å². The highest BCUT2D eigenvalue weighted by molar-refractivity contribution is 6.52. The molecule has 1 aliphatic rings. The monoisotopic (exact) mass is 140 g/mol. The summed E-state index contributed by atoms with van der Waals surface area (Å²) in [6, 6.07) is 0. The predicted octanol–water partition coefficient (Wildman–Crippen LogP) is 0.0220. The van der Waals surface area contributed by atoms with Crippen molar-refractivity contribution in [1.82, 2.24) is 0 Å². The van der Waals surface area contributed by atoms with Gasteiger partial charge in [-0.05, 0) is 0 Å². The van der Waals surface area contributed by atoms with E-state index in [9.17, 15) is 9.59 Å². The number of carbonyl (C=O) groups is 2. The maximum Gasteiger partial charge on any atom is 0.271 e. The Morgan fingerprint density at radius 3 is 1.60 bits per heavy atom. The summed E-state index contributed by atoms with van der Waals surface area (Å²) in [4.78, 5) is 21.0. The van der Waals surface area contributed by atoms with Gasteiger partial charge in [0.2, 0.25) is 11.5 Å². The van der Waals surface area contributed by atoms with E-state index in [1.54, 1.807) is 0 Å². The van der Waals surface area contributed by atoms with Crippen LogP contribution < -0.4 is 0 Å². The molecule has 4 heteroatoms. The van der Waals surface area contributed by atoms with Crippen molar-refractivity contribution in [3.63, 3.8) is 0 Å². The van der Waals surface area contributed by atoms with Crippen LogP contribution in [-0.2, 0) is 9.59 Å². The van der Waals surface area contributed by atoms with Gasteiger partial charge in [0, 0.05) is 0 Å².